The number of rotatable bonds is 3. The van der Waals surface area contributed by atoms with Gasteiger partial charge >= 0.3 is 0 Å². The normalized spacial score (nSPS) is 27.0. The lowest BCUT2D eigenvalue weighted by Crippen LogP contribution is -2.44. The molecule has 0 aromatic heterocycles. The third-order valence-corrected chi connectivity index (χ3v) is 7.30. The van der Waals surface area contributed by atoms with Crippen LogP contribution in [0.15, 0.2) is 29.4 Å². The van der Waals surface area contributed by atoms with E-state index in [9.17, 15) is 18.0 Å². The molecule has 1 aromatic carbocycles. The maximum atomic E-state index is 12.8. The molecule has 0 radical (unpaired) electrons. The summed E-state index contributed by atoms with van der Waals surface area (Å²) in [5.74, 6) is -0.489. The fraction of sp³-hybridized carbons (Fsp3) is 0.526. The molecule has 0 bridgehead atoms. The van der Waals surface area contributed by atoms with Crippen molar-refractivity contribution in [2.45, 2.75) is 50.6 Å². The molecule has 1 fully saturated rings. The molecule has 2 amide bonds. The predicted molar refractivity (Wildman–Crippen MR) is 101 cm³/mol. The van der Waals surface area contributed by atoms with Crippen molar-refractivity contribution in [3.05, 3.63) is 35.4 Å². The Morgan fingerprint density at radius 3 is 2.74 bits per heavy atom. The van der Waals surface area contributed by atoms with E-state index in [1.54, 1.807) is 0 Å². The van der Waals surface area contributed by atoms with Crippen molar-refractivity contribution in [2.24, 2.45) is 5.10 Å². The first-order valence-electron chi connectivity index (χ1n) is 9.41. The molecule has 3 aliphatic rings. The van der Waals surface area contributed by atoms with E-state index in [1.807, 2.05) is 18.2 Å². The Morgan fingerprint density at radius 2 is 1.96 bits per heavy atom. The Bertz CT molecular complexity index is 909. The highest BCUT2D eigenvalue weighted by Crippen LogP contribution is 2.29. The number of hydrogen-bond donors (Lipinski definition) is 1. The average molecular weight is 389 g/mol. The highest BCUT2D eigenvalue weighted by atomic mass is 32.2. The average Bonchev–Trinajstić information content (AvgIpc) is 3.02. The van der Waals surface area contributed by atoms with Gasteiger partial charge in [0.25, 0.3) is 5.91 Å². The van der Waals surface area contributed by atoms with E-state index in [1.165, 1.54) is 10.6 Å². The Morgan fingerprint density at radius 1 is 1.15 bits per heavy atom. The first kappa shape index (κ1) is 18.2. The maximum absolute atomic E-state index is 12.8. The summed E-state index contributed by atoms with van der Waals surface area (Å²) in [4.78, 5) is 25.0. The van der Waals surface area contributed by atoms with Crippen LogP contribution in [-0.2, 0) is 25.8 Å². The van der Waals surface area contributed by atoms with Crippen LogP contribution in [0.1, 0.15) is 49.3 Å². The van der Waals surface area contributed by atoms with Crippen LogP contribution < -0.4 is 5.32 Å². The molecule has 2 aliphatic heterocycles. The molecule has 7 nitrogen and oxygen atoms in total. The summed E-state index contributed by atoms with van der Waals surface area (Å²) in [5, 5.41) is 8.55. The smallest absolute Gasteiger partial charge is 0.267 e. The summed E-state index contributed by atoms with van der Waals surface area (Å²) < 4.78 is 23.4. The summed E-state index contributed by atoms with van der Waals surface area (Å²) in [5.41, 5.74) is 2.71. The summed E-state index contributed by atoms with van der Waals surface area (Å²) >= 11 is 0. The van der Waals surface area contributed by atoms with Gasteiger partial charge < -0.3 is 5.32 Å². The molecule has 8 heteroatoms. The molecule has 1 saturated heterocycles. The zero-order chi connectivity index (χ0) is 19.0. The van der Waals surface area contributed by atoms with Gasteiger partial charge in [-0.05, 0) is 36.8 Å². The van der Waals surface area contributed by atoms with Crippen LogP contribution in [0.3, 0.4) is 0 Å². The molecule has 1 aromatic rings. The van der Waals surface area contributed by atoms with E-state index in [0.717, 1.165) is 24.8 Å². The first-order chi connectivity index (χ1) is 12.9. The minimum Gasteiger partial charge on any atom is -0.344 e. The Labute approximate surface area is 158 Å². The van der Waals surface area contributed by atoms with Gasteiger partial charge in [0.1, 0.15) is 5.71 Å². The minimum absolute atomic E-state index is 0.0527. The van der Waals surface area contributed by atoms with Crippen molar-refractivity contribution >= 4 is 27.4 Å². The first-order valence-corrected chi connectivity index (χ1v) is 11.2. The minimum atomic E-state index is -3.13. The molecular weight excluding hydrogens is 366 g/mol. The maximum Gasteiger partial charge on any atom is 0.267 e. The highest BCUT2D eigenvalue weighted by molar-refractivity contribution is 7.91. The third kappa shape index (κ3) is 3.76. The number of aryl methyl sites for hydroxylation is 1. The lowest BCUT2D eigenvalue weighted by atomic mass is 9.87. The van der Waals surface area contributed by atoms with E-state index >= 15 is 0 Å². The number of nitrogens with one attached hydrogen (secondary N) is 1. The number of hydrogen-bond acceptors (Lipinski definition) is 5. The van der Waals surface area contributed by atoms with Gasteiger partial charge in [-0.15, -0.1) is 0 Å². The van der Waals surface area contributed by atoms with Crippen molar-refractivity contribution in [1.82, 2.24) is 10.3 Å². The number of carbonyl (C=O) groups excluding carboxylic acids is 2. The molecule has 144 valence electrons. The fourth-order valence-electron chi connectivity index (χ4n) is 4.13. The SMILES string of the molecule is O=C(N[C@H]1CCCc2ccccc21)C1=NN([C@@H]2CCS(=O)(=O)C2)C(=O)CC1. The van der Waals surface area contributed by atoms with Crippen LogP contribution in [0.2, 0.25) is 0 Å². The van der Waals surface area contributed by atoms with Gasteiger partial charge in [0.15, 0.2) is 9.84 Å². The number of benzene rings is 1. The molecule has 1 N–H and O–H groups in total. The Hall–Kier alpha value is -2.22. The lowest BCUT2D eigenvalue weighted by molar-refractivity contribution is -0.133. The summed E-state index contributed by atoms with van der Waals surface area (Å²) in [6, 6.07) is 7.60. The van der Waals surface area contributed by atoms with Crippen molar-refractivity contribution in [3.8, 4) is 0 Å². The van der Waals surface area contributed by atoms with Crippen molar-refractivity contribution < 1.29 is 18.0 Å². The van der Waals surface area contributed by atoms with Crippen LogP contribution in [0.5, 0.6) is 0 Å². The van der Waals surface area contributed by atoms with Crippen LogP contribution in [-0.4, -0.2) is 48.5 Å². The van der Waals surface area contributed by atoms with Gasteiger partial charge in [-0.3, -0.25) is 9.59 Å². The van der Waals surface area contributed by atoms with E-state index in [0.29, 0.717) is 12.1 Å². The largest absolute Gasteiger partial charge is 0.344 e. The lowest BCUT2D eigenvalue weighted by Gasteiger charge is -2.29. The van der Waals surface area contributed by atoms with Crippen molar-refractivity contribution in [2.75, 3.05) is 11.5 Å². The molecule has 0 spiro atoms. The van der Waals surface area contributed by atoms with Crippen LogP contribution >= 0.6 is 0 Å². The van der Waals surface area contributed by atoms with E-state index in [2.05, 4.69) is 16.5 Å². The summed E-state index contributed by atoms with van der Waals surface area (Å²) in [7, 11) is -3.13. The summed E-state index contributed by atoms with van der Waals surface area (Å²) in [6.45, 7) is 0. The number of nitrogens with zero attached hydrogens (tertiary/aromatic N) is 2. The van der Waals surface area contributed by atoms with Gasteiger partial charge in [0.2, 0.25) is 5.91 Å². The predicted octanol–water partition coefficient (Wildman–Crippen LogP) is 1.35. The Kier molecular flexibility index (Phi) is 4.75. The second-order valence-corrected chi connectivity index (χ2v) is 9.69. The molecule has 2 atom stereocenters. The van der Waals surface area contributed by atoms with Crippen LogP contribution in [0.4, 0.5) is 0 Å². The van der Waals surface area contributed by atoms with Crippen LogP contribution in [0, 0.1) is 0 Å². The number of sulfone groups is 1. The van der Waals surface area contributed by atoms with Gasteiger partial charge in [-0.1, -0.05) is 24.3 Å². The van der Waals surface area contributed by atoms with Crippen LogP contribution in [0.25, 0.3) is 0 Å². The van der Waals surface area contributed by atoms with Crippen molar-refractivity contribution in [1.29, 1.82) is 0 Å². The molecule has 1 aliphatic carbocycles. The molecule has 4 rings (SSSR count). The third-order valence-electron chi connectivity index (χ3n) is 5.55. The summed E-state index contributed by atoms with van der Waals surface area (Å²) in [6.07, 6.45) is 3.75. The van der Waals surface area contributed by atoms with E-state index in [-0.39, 0.29) is 42.2 Å². The quantitative estimate of drug-likeness (QED) is 0.844. The molecule has 2 heterocycles. The number of fused-ring (bicyclic) bond motifs is 1. The second kappa shape index (κ2) is 7.07. The standard InChI is InChI=1S/C19H23N3O4S/c23-18-9-8-17(21-22(18)14-10-11-27(25,26)12-14)19(24)20-16-7-3-5-13-4-1-2-6-15(13)16/h1-2,4,6,14,16H,3,5,7-12H2,(H,20,24)/t14-,16+/m1/s1. The van der Waals surface area contributed by atoms with Gasteiger partial charge in [0, 0.05) is 12.8 Å². The monoisotopic (exact) mass is 389 g/mol. The highest BCUT2D eigenvalue weighted by Gasteiger charge is 2.37. The fourth-order valence-corrected chi connectivity index (χ4v) is 5.83. The molecular formula is C19H23N3O4S. The zero-order valence-corrected chi connectivity index (χ0v) is 15.9. The molecule has 27 heavy (non-hydrogen) atoms. The number of amides is 2. The zero-order valence-electron chi connectivity index (χ0n) is 15.1. The van der Waals surface area contributed by atoms with Gasteiger partial charge in [-0.2, -0.15) is 5.10 Å². The molecule has 0 unspecified atom stereocenters. The number of carbonyl (C=O) groups is 2. The second-order valence-electron chi connectivity index (χ2n) is 7.46. The Balaban J connectivity index is 1.50. The van der Waals surface area contributed by atoms with Gasteiger partial charge in [0.05, 0.1) is 23.6 Å². The molecule has 0 saturated carbocycles. The van der Waals surface area contributed by atoms with Gasteiger partial charge in [-0.25, -0.2) is 13.4 Å². The number of hydrazone groups is 1. The van der Waals surface area contributed by atoms with Crippen molar-refractivity contribution in [3.63, 3.8) is 0 Å². The topological polar surface area (TPSA) is 95.9 Å². The van der Waals surface area contributed by atoms with E-state index < -0.39 is 15.9 Å². The van der Waals surface area contributed by atoms with E-state index in [4.69, 9.17) is 0 Å².